The van der Waals surface area contributed by atoms with Crippen LogP contribution in [-0.2, 0) is 0 Å². The first-order chi connectivity index (χ1) is 8.14. The molecule has 0 saturated carbocycles. The van der Waals surface area contributed by atoms with Gasteiger partial charge < -0.3 is 5.11 Å². The zero-order chi connectivity index (χ0) is 15.7. The zero-order valence-electron chi connectivity index (χ0n) is 10.2. The van der Waals surface area contributed by atoms with Crippen molar-refractivity contribution >= 4 is 0 Å². The van der Waals surface area contributed by atoms with Gasteiger partial charge in [-0.2, -0.15) is 22.0 Å². The fourth-order valence-corrected chi connectivity index (χ4v) is 1.40. The highest BCUT2D eigenvalue weighted by Gasteiger charge is 2.58. The molecule has 0 aliphatic heterocycles. The van der Waals surface area contributed by atoms with Gasteiger partial charge in [0.25, 0.3) is 0 Å². The van der Waals surface area contributed by atoms with Gasteiger partial charge in [-0.25, -0.2) is 13.2 Å². The highest BCUT2D eigenvalue weighted by atomic mass is 19.4. The Morgan fingerprint density at radius 2 is 1.32 bits per heavy atom. The van der Waals surface area contributed by atoms with Crippen molar-refractivity contribution in [1.82, 2.24) is 0 Å². The van der Waals surface area contributed by atoms with Crippen molar-refractivity contribution < 1.29 is 40.2 Å². The summed E-state index contributed by atoms with van der Waals surface area (Å²) in [5.41, 5.74) is 0. The van der Waals surface area contributed by atoms with Gasteiger partial charge in [-0.15, -0.1) is 0 Å². The molecule has 0 heterocycles. The smallest absolute Gasteiger partial charge is 0.355 e. The molecule has 0 rings (SSSR count). The van der Waals surface area contributed by atoms with Crippen molar-refractivity contribution in [2.45, 2.75) is 57.0 Å². The standard InChI is InChI=1S/C10H14F8O/c1-3-6(4-8(13,14)7(2,11)12)5-9(15,19)10(16,17)18/h6,19H,3-5H2,1-2H3. The first-order valence-corrected chi connectivity index (χ1v) is 5.37. The maximum atomic E-state index is 13.0. The highest BCUT2D eigenvalue weighted by Crippen LogP contribution is 2.43. The van der Waals surface area contributed by atoms with Gasteiger partial charge in [-0.3, -0.25) is 0 Å². The Kier molecular flexibility index (Phi) is 5.24. The molecular weight excluding hydrogens is 288 g/mol. The lowest BCUT2D eigenvalue weighted by atomic mass is 9.89. The van der Waals surface area contributed by atoms with Crippen molar-refractivity contribution in [2.75, 3.05) is 0 Å². The SMILES string of the molecule is CCC(CC(O)(F)C(F)(F)F)CC(F)(F)C(C)(F)F. The summed E-state index contributed by atoms with van der Waals surface area (Å²) in [5.74, 6) is -15.4. The maximum absolute atomic E-state index is 13.0. The largest absolute Gasteiger partial charge is 0.448 e. The van der Waals surface area contributed by atoms with E-state index >= 15 is 0 Å². The van der Waals surface area contributed by atoms with Gasteiger partial charge in [0.05, 0.1) is 0 Å². The fourth-order valence-electron chi connectivity index (χ4n) is 1.40. The van der Waals surface area contributed by atoms with E-state index in [0.29, 0.717) is 0 Å². The molecular formula is C10H14F8O. The van der Waals surface area contributed by atoms with Crippen LogP contribution in [0.25, 0.3) is 0 Å². The molecule has 0 spiro atoms. The Morgan fingerprint density at radius 1 is 0.895 bits per heavy atom. The first kappa shape index (κ1) is 18.4. The Labute approximate surface area is 104 Å². The van der Waals surface area contributed by atoms with Crippen LogP contribution in [0, 0.1) is 5.92 Å². The first-order valence-electron chi connectivity index (χ1n) is 5.37. The van der Waals surface area contributed by atoms with Crippen LogP contribution in [-0.4, -0.2) is 29.0 Å². The maximum Gasteiger partial charge on any atom is 0.448 e. The molecule has 0 aliphatic carbocycles. The predicted molar refractivity (Wildman–Crippen MR) is 50.7 cm³/mol. The van der Waals surface area contributed by atoms with Crippen LogP contribution < -0.4 is 0 Å². The van der Waals surface area contributed by atoms with Crippen LogP contribution in [0.3, 0.4) is 0 Å². The third-order valence-electron chi connectivity index (χ3n) is 2.76. The fraction of sp³-hybridized carbons (Fsp3) is 1.00. The van der Waals surface area contributed by atoms with Crippen LogP contribution in [0.1, 0.15) is 33.1 Å². The van der Waals surface area contributed by atoms with Crippen LogP contribution in [0.5, 0.6) is 0 Å². The summed E-state index contributed by atoms with van der Waals surface area (Å²) in [4.78, 5) is 0. The minimum Gasteiger partial charge on any atom is -0.355 e. The topological polar surface area (TPSA) is 20.2 Å². The summed E-state index contributed by atoms with van der Waals surface area (Å²) >= 11 is 0. The summed E-state index contributed by atoms with van der Waals surface area (Å²) in [6.45, 7) is 1.06. The predicted octanol–water partition coefficient (Wildman–Crippen LogP) is 4.30. The molecule has 0 aliphatic rings. The molecule has 2 atom stereocenters. The monoisotopic (exact) mass is 302 g/mol. The second-order valence-corrected chi connectivity index (χ2v) is 4.53. The quantitative estimate of drug-likeness (QED) is 0.725. The molecule has 0 saturated heterocycles. The van der Waals surface area contributed by atoms with Crippen molar-refractivity contribution in [2.24, 2.45) is 5.92 Å². The van der Waals surface area contributed by atoms with Crippen LogP contribution in [0.2, 0.25) is 0 Å². The summed E-state index contributed by atoms with van der Waals surface area (Å²) in [7, 11) is 0. The molecule has 0 radical (unpaired) electrons. The van der Waals surface area contributed by atoms with Gasteiger partial charge in [0.2, 0.25) is 0 Å². The van der Waals surface area contributed by atoms with E-state index in [4.69, 9.17) is 5.11 Å². The number of aliphatic hydroxyl groups is 1. The lowest BCUT2D eigenvalue weighted by Crippen LogP contribution is -2.45. The zero-order valence-corrected chi connectivity index (χ0v) is 10.2. The number of hydrogen-bond donors (Lipinski definition) is 1. The summed E-state index contributed by atoms with van der Waals surface area (Å²) in [5, 5.41) is 8.53. The number of alkyl halides is 8. The Morgan fingerprint density at radius 3 is 1.58 bits per heavy atom. The molecule has 0 aromatic rings. The lowest BCUT2D eigenvalue weighted by molar-refractivity contribution is -0.323. The van der Waals surface area contributed by atoms with E-state index in [0.717, 1.165) is 6.92 Å². The van der Waals surface area contributed by atoms with Crippen LogP contribution in [0.15, 0.2) is 0 Å². The molecule has 19 heavy (non-hydrogen) atoms. The molecule has 0 aromatic carbocycles. The van der Waals surface area contributed by atoms with E-state index in [9.17, 15) is 35.1 Å². The average molecular weight is 302 g/mol. The van der Waals surface area contributed by atoms with E-state index in [1.807, 2.05) is 0 Å². The summed E-state index contributed by atoms with van der Waals surface area (Å²) < 4.78 is 100. The Bertz CT molecular complexity index is 263. The third-order valence-corrected chi connectivity index (χ3v) is 2.76. The van der Waals surface area contributed by atoms with E-state index in [1.54, 1.807) is 0 Å². The summed E-state index contributed by atoms with van der Waals surface area (Å²) in [6, 6.07) is 0. The van der Waals surface area contributed by atoms with Gasteiger partial charge >= 0.3 is 23.9 Å². The molecule has 0 aromatic heterocycles. The minimum absolute atomic E-state index is 0.0783. The minimum atomic E-state index is -5.66. The normalized spacial score (nSPS) is 19.1. The van der Waals surface area contributed by atoms with Gasteiger partial charge in [0, 0.05) is 19.8 Å². The van der Waals surface area contributed by atoms with Gasteiger partial charge in [-0.05, 0) is 5.92 Å². The second-order valence-electron chi connectivity index (χ2n) is 4.53. The third kappa shape index (κ3) is 4.77. The molecule has 0 fully saturated rings. The van der Waals surface area contributed by atoms with Crippen molar-refractivity contribution in [3.05, 3.63) is 0 Å². The Hall–Kier alpha value is -0.600. The molecule has 0 amide bonds. The van der Waals surface area contributed by atoms with E-state index in [2.05, 4.69) is 0 Å². The van der Waals surface area contributed by atoms with Gasteiger partial charge in [0.1, 0.15) is 0 Å². The molecule has 1 nitrogen and oxygen atoms in total. The van der Waals surface area contributed by atoms with Crippen molar-refractivity contribution in [3.8, 4) is 0 Å². The van der Waals surface area contributed by atoms with Crippen molar-refractivity contribution in [3.63, 3.8) is 0 Å². The van der Waals surface area contributed by atoms with E-state index < -0.39 is 49.1 Å². The molecule has 0 bridgehead atoms. The number of halogens is 8. The Balaban J connectivity index is 4.90. The van der Waals surface area contributed by atoms with E-state index in [1.165, 1.54) is 0 Å². The number of hydrogen-bond acceptors (Lipinski definition) is 1. The molecule has 2 unspecified atom stereocenters. The lowest BCUT2D eigenvalue weighted by Gasteiger charge is -2.30. The van der Waals surface area contributed by atoms with Gasteiger partial charge in [0.15, 0.2) is 0 Å². The van der Waals surface area contributed by atoms with Gasteiger partial charge in [-0.1, -0.05) is 13.3 Å². The molecule has 1 N–H and O–H groups in total. The molecule has 9 heteroatoms. The van der Waals surface area contributed by atoms with Crippen LogP contribution in [0.4, 0.5) is 35.1 Å². The number of rotatable bonds is 6. The van der Waals surface area contributed by atoms with Crippen molar-refractivity contribution in [1.29, 1.82) is 0 Å². The second kappa shape index (κ2) is 5.41. The average Bonchev–Trinajstić information content (AvgIpc) is 2.12. The van der Waals surface area contributed by atoms with Crippen LogP contribution >= 0.6 is 0 Å². The van der Waals surface area contributed by atoms with E-state index in [-0.39, 0.29) is 6.92 Å². The highest BCUT2D eigenvalue weighted by molar-refractivity contribution is 4.86. The molecule has 116 valence electrons. The summed E-state index contributed by atoms with van der Waals surface area (Å²) in [6.07, 6.45) is -9.42.